The van der Waals surface area contributed by atoms with Crippen molar-refractivity contribution in [2.24, 2.45) is 0 Å². The SMILES string of the molecule is CCN(CC(C)(C)O)S(=O)(=O)c1ccc(C(C)C)cc1. The Morgan fingerprint density at radius 1 is 1.20 bits per heavy atom. The molecule has 0 bridgehead atoms. The van der Waals surface area contributed by atoms with Crippen molar-refractivity contribution in [2.75, 3.05) is 13.1 Å². The molecule has 0 spiro atoms. The third kappa shape index (κ3) is 4.30. The van der Waals surface area contributed by atoms with Gasteiger partial charge in [-0.1, -0.05) is 32.9 Å². The fourth-order valence-corrected chi connectivity index (χ4v) is 3.58. The zero-order valence-electron chi connectivity index (χ0n) is 12.9. The van der Waals surface area contributed by atoms with Gasteiger partial charge in [0, 0.05) is 13.1 Å². The number of sulfonamides is 1. The Labute approximate surface area is 122 Å². The molecule has 1 rings (SSSR count). The molecule has 1 N–H and O–H groups in total. The molecule has 0 radical (unpaired) electrons. The van der Waals surface area contributed by atoms with Crippen molar-refractivity contribution >= 4 is 10.0 Å². The Bertz CT molecular complexity index is 527. The van der Waals surface area contributed by atoms with Gasteiger partial charge >= 0.3 is 0 Å². The molecular formula is C15H25NO3S. The Kier molecular flexibility index (Phi) is 5.35. The van der Waals surface area contributed by atoms with Crippen molar-refractivity contribution in [2.45, 2.75) is 51.0 Å². The summed E-state index contributed by atoms with van der Waals surface area (Å²) in [6, 6.07) is 6.96. The van der Waals surface area contributed by atoms with Gasteiger partial charge in [0.2, 0.25) is 10.0 Å². The van der Waals surface area contributed by atoms with E-state index in [9.17, 15) is 13.5 Å². The number of aliphatic hydroxyl groups is 1. The highest BCUT2D eigenvalue weighted by Gasteiger charge is 2.28. The zero-order chi connectivity index (χ0) is 15.6. The van der Waals surface area contributed by atoms with Gasteiger partial charge in [-0.25, -0.2) is 8.42 Å². The van der Waals surface area contributed by atoms with Gasteiger partial charge < -0.3 is 5.11 Å². The molecule has 0 heterocycles. The minimum Gasteiger partial charge on any atom is -0.389 e. The molecule has 0 saturated heterocycles. The summed E-state index contributed by atoms with van der Waals surface area (Å²) in [5.41, 5.74) is 0.0514. The summed E-state index contributed by atoms with van der Waals surface area (Å²) in [6.45, 7) is 9.52. The second-order valence-corrected chi connectivity index (χ2v) is 7.91. The topological polar surface area (TPSA) is 57.6 Å². The number of rotatable bonds is 6. The molecule has 0 amide bonds. The highest BCUT2D eigenvalue weighted by molar-refractivity contribution is 7.89. The van der Waals surface area contributed by atoms with Crippen LogP contribution in [-0.2, 0) is 10.0 Å². The molecule has 1 aromatic carbocycles. The minimum absolute atomic E-state index is 0.0811. The first-order valence-corrected chi connectivity index (χ1v) is 8.34. The van der Waals surface area contributed by atoms with Crippen LogP contribution in [0.5, 0.6) is 0 Å². The normalized spacial score (nSPS) is 13.2. The van der Waals surface area contributed by atoms with E-state index in [1.165, 1.54) is 4.31 Å². The molecule has 20 heavy (non-hydrogen) atoms. The van der Waals surface area contributed by atoms with E-state index in [-0.39, 0.29) is 11.4 Å². The first-order valence-electron chi connectivity index (χ1n) is 6.90. The van der Waals surface area contributed by atoms with Gasteiger partial charge in [-0.2, -0.15) is 4.31 Å². The lowest BCUT2D eigenvalue weighted by Crippen LogP contribution is -2.42. The molecule has 0 atom stereocenters. The van der Waals surface area contributed by atoms with E-state index in [0.29, 0.717) is 12.5 Å². The minimum atomic E-state index is -3.55. The highest BCUT2D eigenvalue weighted by Crippen LogP contribution is 2.21. The van der Waals surface area contributed by atoms with Crippen LogP contribution in [0.3, 0.4) is 0 Å². The molecule has 0 unspecified atom stereocenters. The van der Waals surface area contributed by atoms with Crippen LogP contribution in [0.15, 0.2) is 29.2 Å². The molecule has 5 heteroatoms. The third-order valence-corrected chi connectivity index (χ3v) is 5.04. The van der Waals surface area contributed by atoms with E-state index in [1.807, 2.05) is 12.1 Å². The first-order chi connectivity index (χ1) is 9.08. The predicted molar refractivity (Wildman–Crippen MR) is 81.3 cm³/mol. The van der Waals surface area contributed by atoms with Gasteiger partial charge in [-0.15, -0.1) is 0 Å². The molecule has 4 nitrogen and oxygen atoms in total. The summed E-state index contributed by atoms with van der Waals surface area (Å²) in [5, 5.41) is 9.84. The molecule has 114 valence electrons. The van der Waals surface area contributed by atoms with E-state index < -0.39 is 15.6 Å². The van der Waals surface area contributed by atoms with Crippen LogP contribution in [0.25, 0.3) is 0 Å². The van der Waals surface area contributed by atoms with Gasteiger partial charge in [0.25, 0.3) is 0 Å². The monoisotopic (exact) mass is 299 g/mol. The van der Waals surface area contributed by atoms with Crippen molar-refractivity contribution in [3.63, 3.8) is 0 Å². The van der Waals surface area contributed by atoms with Gasteiger partial charge in [-0.05, 0) is 37.5 Å². The molecule has 0 aliphatic carbocycles. The molecule has 0 aromatic heterocycles. The van der Waals surface area contributed by atoms with Crippen LogP contribution >= 0.6 is 0 Å². The third-order valence-electron chi connectivity index (χ3n) is 3.10. The molecule has 1 aromatic rings. The number of benzene rings is 1. The molecule has 0 saturated carbocycles. The smallest absolute Gasteiger partial charge is 0.243 e. The van der Waals surface area contributed by atoms with Crippen LogP contribution in [0, 0.1) is 0 Å². The lowest BCUT2D eigenvalue weighted by molar-refractivity contribution is 0.0601. The molecular weight excluding hydrogens is 274 g/mol. The quantitative estimate of drug-likeness (QED) is 0.878. The van der Waals surface area contributed by atoms with E-state index in [1.54, 1.807) is 32.9 Å². The average Bonchev–Trinajstić information content (AvgIpc) is 2.34. The number of nitrogens with zero attached hydrogens (tertiary/aromatic N) is 1. The molecule has 0 aliphatic heterocycles. The van der Waals surface area contributed by atoms with E-state index in [4.69, 9.17) is 0 Å². The predicted octanol–water partition coefficient (Wildman–Crippen LogP) is 2.59. The Morgan fingerprint density at radius 2 is 1.70 bits per heavy atom. The zero-order valence-corrected chi connectivity index (χ0v) is 13.7. The summed E-state index contributed by atoms with van der Waals surface area (Å²) in [5.74, 6) is 0.366. The lowest BCUT2D eigenvalue weighted by Gasteiger charge is -2.27. The summed E-state index contributed by atoms with van der Waals surface area (Å²) in [4.78, 5) is 0.271. The first kappa shape index (κ1) is 17.1. The highest BCUT2D eigenvalue weighted by atomic mass is 32.2. The summed E-state index contributed by atoms with van der Waals surface area (Å²) in [6.07, 6.45) is 0. The van der Waals surface area contributed by atoms with Crippen LogP contribution in [-0.4, -0.2) is 36.5 Å². The van der Waals surface area contributed by atoms with Crippen molar-refractivity contribution in [3.8, 4) is 0 Å². The van der Waals surface area contributed by atoms with Crippen LogP contribution in [0.4, 0.5) is 0 Å². The van der Waals surface area contributed by atoms with Gasteiger partial charge in [-0.3, -0.25) is 0 Å². The summed E-state index contributed by atoms with van der Waals surface area (Å²) < 4.78 is 26.4. The summed E-state index contributed by atoms with van der Waals surface area (Å²) in [7, 11) is -3.55. The molecule has 0 aliphatic rings. The lowest BCUT2D eigenvalue weighted by atomic mass is 10.0. The van der Waals surface area contributed by atoms with E-state index in [2.05, 4.69) is 13.8 Å². The van der Waals surface area contributed by atoms with Crippen LogP contribution < -0.4 is 0 Å². The van der Waals surface area contributed by atoms with Gasteiger partial charge in [0.05, 0.1) is 10.5 Å². The Hall–Kier alpha value is -0.910. The Balaban J connectivity index is 3.08. The Morgan fingerprint density at radius 3 is 2.05 bits per heavy atom. The number of likely N-dealkylation sites (N-methyl/N-ethyl adjacent to an activating group) is 1. The molecule has 0 fully saturated rings. The van der Waals surface area contributed by atoms with Crippen molar-refractivity contribution < 1.29 is 13.5 Å². The van der Waals surface area contributed by atoms with E-state index >= 15 is 0 Å². The summed E-state index contributed by atoms with van der Waals surface area (Å²) >= 11 is 0. The number of hydrogen-bond acceptors (Lipinski definition) is 3. The van der Waals surface area contributed by atoms with Crippen molar-refractivity contribution in [1.82, 2.24) is 4.31 Å². The number of hydrogen-bond donors (Lipinski definition) is 1. The van der Waals surface area contributed by atoms with Crippen molar-refractivity contribution in [3.05, 3.63) is 29.8 Å². The van der Waals surface area contributed by atoms with Gasteiger partial charge in [0.1, 0.15) is 0 Å². The maximum absolute atomic E-state index is 12.5. The maximum Gasteiger partial charge on any atom is 0.243 e. The average molecular weight is 299 g/mol. The second-order valence-electron chi connectivity index (χ2n) is 5.97. The van der Waals surface area contributed by atoms with Crippen LogP contribution in [0.2, 0.25) is 0 Å². The van der Waals surface area contributed by atoms with Gasteiger partial charge in [0.15, 0.2) is 0 Å². The fraction of sp³-hybridized carbons (Fsp3) is 0.600. The standard InChI is InChI=1S/C15H25NO3S/c1-6-16(11-15(4,5)17)20(18,19)14-9-7-13(8-10-14)12(2)3/h7-10,12,17H,6,11H2,1-5H3. The largest absolute Gasteiger partial charge is 0.389 e. The van der Waals surface area contributed by atoms with E-state index in [0.717, 1.165) is 5.56 Å². The maximum atomic E-state index is 12.5. The van der Waals surface area contributed by atoms with Crippen molar-refractivity contribution in [1.29, 1.82) is 0 Å². The second kappa shape index (κ2) is 6.24. The fourth-order valence-electron chi connectivity index (χ4n) is 1.97. The van der Waals surface area contributed by atoms with Crippen LogP contribution in [0.1, 0.15) is 46.1 Å².